The molecule has 0 bridgehead atoms. The molecule has 1 heterocycles. The van der Waals surface area contributed by atoms with E-state index >= 15 is 0 Å². The van der Waals surface area contributed by atoms with E-state index in [4.69, 9.17) is 10.5 Å². The van der Waals surface area contributed by atoms with Gasteiger partial charge < -0.3 is 15.4 Å². The molecule has 1 aliphatic heterocycles. The summed E-state index contributed by atoms with van der Waals surface area (Å²) in [6.45, 7) is 11.9. The molecule has 0 saturated carbocycles. The van der Waals surface area contributed by atoms with Gasteiger partial charge in [-0.25, -0.2) is 0 Å². The lowest BCUT2D eigenvalue weighted by Crippen LogP contribution is -2.37. The molecule has 2 atom stereocenters. The quantitative estimate of drug-likeness (QED) is 0.775. The van der Waals surface area contributed by atoms with Gasteiger partial charge in [-0.15, -0.1) is 0 Å². The van der Waals surface area contributed by atoms with E-state index in [1.165, 1.54) is 13.0 Å². The Morgan fingerprint density at radius 3 is 2.76 bits per heavy atom. The Morgan fingerprint density at radius 1 is 1.41 bits per heavy atom. The molecule has 1 fully saturated rings. The molecular formula is C14H30N2O. The van der Waals surface area contributed by atoms with Crippen molar-refractivity contribution in [1.29, 1.82) is 0 Å². The number of hydrogen-bond acceptors (Lipinski definition) is 3. The summed E-state index contributed by atoms with van der Waals surface area (Å²) in [6, 6.07) is 0. The summed E-state index contributed by atoms with van der Waals surface area (Å²) in [5.41, 5.74) is 5.89. The fourth-order valence-electron chi connectivity index (χ4n) is 2.66. The molecule has 3 nitrogen and oxygen atoms in total. The second-order valence-corrected chi connectivity index (χ2v) is 5.75. The monoisotopic (exact) mass is 242 g/mol. The van der Waals surface area contributed by atoms with Crippen LogP contribution in [-0.4, -0.2) is 43.8 Å². The Balaban J connectivity index is 2.40. The highest BCUT2D eigenvalue weighted by molar-refractivity contribution is 4.73. The second-order valence-electron chi connectivity index (χ2n) is 5.75. The van der Waals surface area contributed by atoms with Crippen LogP contribution in [0.2, 0.25) is 0 Å². The van der Waals surface area contributed by atoms with Crippen LogP contribution in [0.15, 0.2) is 0 Å². The molecule has 0 spiro atoms. The van der Waals surface area contributed by atoms with Crippen LogP contribution in [0.4, 0.5) is 0 Å². The van der Waals surface area contributed by atoms with Crippen molar-refractivity contribution in [3.05, 3.63) is 0 Å². The van der Waals surface area contributed by atoms with Crippen molar-refractivity contribution in [2.24, 2.45) is 17.6 Å². The van der Waals surface area contributed by atoms with Gasteiger partial charge in [0.05, 0.1) is 6.10 Å². The predicted molar refractivity (Wildman–Crippen MR) is 73.1 cm³/mol. The minimum absolute atomic E-state index is 0.426. The lowest BCUT2D eigenvalue weighted by atomic mass is 9.96. The number of nitrogens with two attached hydrogens (primary N) is 1. The van der Waals surface area contributed by atoms with Gasteiger partial charge in [-0.3, -0.25) is 0 Å². The Kier molecular flexibility index (Phi) is 7.09. The van der Waals surface area contributed by atoms with Crippen molar-refractivity contribution in [3.63, 3.8) is 0 Å². The van der Waals surface area contributed by atoms with Gasteiger partial charge in [0.1, 0.15) is 0 Å². The van der Waals surface area contributed by atoms with E-state index in [2.05, 4.69) is 25.7 Å². The minimum Gasteiger partial charge on any atom is -0.377 e. The topological polar surface area (TPSA) is 38.5 Å². The van der Waals surface area contributed by atoms with E-state index in [-0.39, 0.29) is 0 Å². The third-order valence-electron chi connectivity index (χ3n) is 3.54. The highest BCUT2D eigenvalue weighted by Crippen LogP contribution is 2.15. The number of hydrogen-bond donors (Lipinski definition) is 1. The van der Waals surface area contributed by atoms with Gasteiger partial charge >= 0.3 is 0 Å². The molecule has 0 aromatic rings. The largest absolute Gasteiger partial charge is 0.377 e. The van der Waals surface area contributed by atoms with E-state index in [9.17, 15) is 0 Å². The first kappa shape index (κ1) is 14.9. The van der Waals surface area contributed by atoms with Gasteiger partial charge in [0, 0.05) is 26.2 Å². The Morgan fingerprint density at radius 2 is 2.18 bits per heavy atom. The smallest absolute Gasteiger partial charge is 0.0699 e. The molecular weight excluding hydrogens is 212 g/mol. The molecule has 0 aliphatic carbocycles. The first-order valence-electron chi connectivity index (χ1n) is 7.19. The fourth-order valence-corrected chi connectivity index (χ4v) is 2.66. The van der Waals surface area contributed by atoms with Crippen LogP contribution in [0.25, 0.3) is 0 Å². The molecule has 1 aliphatic rings. The number of nitrogens with zero attached hydrogens (tertiary/aromatic N) is 1. The van der Waals surface area contributed by atoms with Crippen molar-refractivity contribution in [2.45, 2.75) is 46.1 Å². The zero-order valence-electron chi connectivity index (χ0n) is 11.8. The van der Waals surface area contributed by atoms with Gasteiger partial charge in [-0.1, -0.05) is 20.8 Å². The normalized spacial score (nSPS) is 24.9. The van der Waals surface area contributed by atoms with Gasteiger partial charge in [0.25, 0.3) is 0 Å². The highest BCUT2D eigenvalue weighted by Gasteiger charge is 2.20. The molecule has 17 heavy (non-hydrogen) atoms. The predicted octanol–water partition coefficient (Wildman–Crippen LogP) is 2.11. The first-order chi connectivity index (χ1) is 8.15. The first-order valence-corrected chi connectivity index (χ1v) is 7.19. The van der Waals surface area contributed by atoms with Crippen molar-refractivity contribution >= 4 is 0 Å². The zero-order chi connectivity index (χ0) is 12.7. The van der Waals surface area contributed by atoms with Crippen LogP contribution in [0.1, 0.15) is 40.0 Å². The van der Waals surface area contributed by atoms with Crippen LogP contribution in [-0.2, 0) is 4.74 Å². The van der Waals surface area contributed by atoms with E-state index in [0.717, 1.165) is 45.0 Å². The third kappa shape index (κ3) is 5.84. The van der Waals surface area contributed by atoms with Gasteiger partial charge in [0.15, 0.2) is 0 Å². The summed E-state index contributed by atoms with van der Waals surface area (Å²) < 4.78 is 5.81. The fraction of sp³-hybridized carbons (Fsp3) is 1.00. The lowest BCUT2D eigenvalue weighted by Gasteiger charge is -2.28. The van der Waals surface area contributed by atoms with E-state index in [0.29, 0.717) is 12.0 Å². The lowest BCUT2D eigenvalue weighted by molar-refractivity contribution is 0.0496. The Labute approximate surface area is 107 Å². The SMILES string of the molecule is CCC1CN(CC(CN)CC(C)C)CCCO1. The summed E-state index contributed by atoms with van der Waals surface area (Å²) >= 11 is 0. The molecule has 3 heteroatoms. The average Bonchev–Trinajstić information content (AvgIpc) is 2.52. The van der Waals surface area contributed by atoms with Crippen LogP contribution in [0, 0.1) is 11.8 Å². The molecule has 2 unspecified atom stereocenters. The number of ether oxygens (including phenoxy) is 1. The van der Waals surface area contributed by atoms with Crippen molar-refractivity contribution < 1.29 is 4.74 Å². The second kappa shape index (κ2) is 8.06. The minimum atomic E-state index is 0.426. The molecule has 102 valence electrons. The van der Waals surface area contributed by atoms with Crippen LogP contribution in [0.5, 0.6) is 0 Å². The molecule has 1 rings (SSSR count). The molecule has 2 N–H and O–H groups in total. The zero-order valence-corrected chi connectivity index (χ0v) is 11.8. The molecule has 0 radical (unpaired) electrons. The Bertz CT molecular complexity index is 197. The summed E-state index contributed by atoms with van der Waals surface area (Å²) in [4.78, 5) is 2.56. The summed E-state index contributed by atoms with van der Waals surface area (Å²) in [6.07, 6.45) is 3.95. The number of rotatable bonds is 6. The van der Waals surface area contributed by atoms with E-state index in [1.807, 2.05) is 0 Å². The van der Waals surface area contributed by atoms with Crippen LogP contribution < -0.4 is 5.73 Å². The van der Waals surface area contributed by atoms with Crippen LogP contribution >= 0.6 is 0 Å². The average molecular weight is 242 g/mol. The van der Waals surface area contributed by atoms with Crippen LogP contribution in [0.3, 0.4) is 0 Å². The van der Waals surface area contributed by atoms with Gasteiger partial charge in [0.2, 0.25) is 0 Å². The van der Waals surface area contributed by atoms with Crippen molar-refractivity contribution in [2.75, 3.05) is 32.8 Å². The molecule has 1 saturated heterocycles. The maximum Gasteiger partial charge on any atom is 0.0699 e. The van der Waals surface area contributed by atoms with E-state index < -0.39 is 0 Å². The molecule has 0 amide bonds. The van der Waals surface area contributed by atoms with Gasteiger partial charge in [-0.2, -0.15) is 0 Å². The van der Waals surface area contributed by atoms with E-state index in [1.54, 1.807) is 0 Å². The highest BCUT2D eigenvalue weighted by atomic mass is 16.5. The standard InChI is InChI=1S/C14H30N2O/c1-4-14-11-16(6-5-7-17-14)10-13(9-15)8-12(2)3/h12-14H,4-11,15H2,1-3H3. The maximum atomic E-state index is 5.89. The summed E-state index contributed by atoms with van der Waals surface area (Å²) in [5.74, 6) is 1.39. The summed E-state index contributed by atoms with van der Waals surface area (Å²) in [5, 5.41) is 0. The third-order valence-corrected chi connectivity index (χ3v) is 3.54. The molecule has 0 aromatic carbocycles. The Hall–Kier alpha value is -0.120. The van der Waals surface area contributed by atoms with Crippen molar-refractivity contribution in [1.82, 2.24) is 4.90 Å². The van der Waals surface area contributed by atoms with Gasteiger partial charge in [-0.05, 0) is 37.6 Å². The summed E-state index contributed by atoms with van der Waals surface area (Å²) in [7, 11) is 0. The maximum absolute atomic E-state index is 5.89. The van der Waals surface area contributed by atoms with Crippen molar-refractivity contribution in [3.8, 4) is 0 Å². The molecule has 0 aromatic heterocycles.